The van der Waals surface area contributed by atoms with Crippen LogP contribution in [0, 0.1) is 23.3 Å². The quantitative estimate of drug-likeness (QED) is 0.0350. The zero-order valence-electron chi connectivity index (χ0n) is 58.3. The van der Waals surface area contributed by atoms with E-state index < -0.39 is 108 Å². The van der Waals surface area contributed by atoms with Crippen LogP contribution in [0.1, 0.15) is 66.8 Å². The molecule has 0 radical (unpaired) electrons. The summed E-state index contributed by atoms with van der Waals surface area (Å²) in [5.74, 6) is -9.99. The molecule has 552 valence electrons. The van der Waals surface area contributed by atoms with Gasteiger partial charge in [-0.05, 0) is 92.0 Å². The van der Waals surface area contributed by atoms with Crippen LogP contribution in [-0.2, 0) is 111 Å². The van der Waals surface area contributed by atoms with Crippen LogP contribution in [0.5, 0.6) is 11.5 Å². The lowest BCUT2D eigenvalue weighted by Crippen LogP contribution is -2.79. The van der Waals surface area contributed by atoms with Crippen LogP contribution in [0.25, 0.3) is 0 Å². The molecule has 106 heavy (non-hydrogen) atoms. The van der Waals surface area contributed by atoms with E-state index in [1.165, 1.54) is 51.7 Å². The maximum Gasteiger partial charge on any atom is 0.225 e. The van der Waals surface area contributed by atoms with Crippen molar-refractivity contribution < 1.29 is 89.7 Å². The van der Waals surface area contributed by atoms with Crippen molar-refractivity contribution in [2.75, 3.05) is 34.5 Å². The van der Waals surface area contributed by atoms with Crippen LogP contribution in [0.4, 0.5) is 17.6 Å². The van der Waals surface area contributed by atoms with Gasteiger partial charge in [0.2, 0.25) is 23.2 Å². The third kappa shape index (κ3) is 15.5. The van der Waals surface area contributed by atoms with Crippen molar-refractivity contribution in [2.45, 2.75) is 124 Å². The minimum Gasteiger partial charge on any atom is -0.494 e. The third-order valence-electron chi connectivity index (χ3n) is 20.0. The Morgan fingerprint density at radius 2 is 0.774 bits per heavy atom. The summed E-state index contributed by atoms with van der Waals surface area (Å²) in [6, 6.07) is 70.3. The van der Waals surface area contributed by atoms with Gasteiger partial charge >= 0.3 is 0 Å². The smallest absolute Gasteiger partial charge is 0.225 e. The highest BCUT2D eigenvalue weighted by Gasteiger charge is 2.76. The molecule has 12 atom stereocenters. The summed E-state index contributed by atoms with van der Waals surface area (Å²) in [6.07, 6.45) is -14.4. The fraction of sp³-hybridized carbons (Fsp3) is 0.294. The van der Waals surface area contributed by atoms with Crippen LogP contribution in [-0.4, -0.2) is 110 Å². The van der Waals surface area contributed by atoms with Crippen LogP contribution in [0.2, 0.25) is 10.0 Å². The number of aliphatic hydroxyl groups is 3. The first-order valence-corrected chi connectivity index (χ1v) is 35.4. The molecule has 15 nitrogen and oxygen atoms in total. The van der Waals surface area contributed by atoms with Crippen molar-refractivity contribution in [1.82, 2.24) is 0 Å². The molecule has 3 aliphatic rings. The van der Waals surface area contributed by atoms with E-state index in [1.807, 2.05) is 182 Å². The van der Waals surface area contributed by atoms with Gasteiger partial charge in [0.05, 0.1) is 67.1 Å². The second-order valence-electron chi connectivity index (χ2n) is 26.5. The third-order valence-corrected chi connectivity index (χ3v) is 20.7. The molecule has 2 bridgehead atoms. The lowest BCUT2D eigenvalue weighted by atomic mass is 9.71. The highest BCUT2D eigenvalue weighted by atomic mass is 35.5. The Labute approximate surface area is 622 Å². The standard InChI is InChI=1S/C85H80Cl2F4O15/c1-95-68-40-34-60(70(88)72(68)90)42-62-44-64(36-38-66(62)86)84(97-3)80(102-50-58-30-18-8-19-31-58)74(98-46-54-22-10-4-11-23-54)78(100-48-56-26-14-6-15-27-56)82(52-92,105-84)76(93)77(94)83-53-104-85(106-83,65-37-39-67(87)63(45-65)43-61-35-41-69(96-2)73(91)71(61)89)81(103-51-59-32-20-9-21-33-59)75(99-47-55-24-12-5-13-25-55)79(83)101-49-57-28-16-7-17-29-57/h4-41,44-45,74-81,92-94H,42-43,46-53H2,1-3H3/t74-,75-,76?,77?,78+,79-,80+,81-,82?,83+,84-,85-/m0/s1. The number of aliphatic hydroxyl groups excluding tert-OH is 3. The van der Waals surface area contributed by atoms with E-state index in [4.69, 9.17) is 80.0 Å². The summed E-state index contributed by atoms with van der Waals surface area (Å²) in [6.45, 7) is -2.65. The zero-order chi connectivity index (χ0) is 74.0. The van der Waals surface area contributed by atoms with Gasteiger partial charge in [0.25, 0.3) is 0 Å². The van der Waals surface area contributed by atoms with E-state index in [2.05, 4.69) is 0 Å². The maximum atomic E-state index is 16.2. The van der Waals surface area contributed by atoms with Gasteiger partial charge in [0.1, 0.15) is 48.8 Å². The van der Waals surface area contributed by atoms with Gasteiger partial charge in [-0.1, -0.05) is 229 Å². The van der Waals surface area contributed by atoms with Gasteiger partial charge in [-0.2, -0.15) is 8.78 Å². The number of ether oxygens (including phenoxy) is 12. The number of hydrogen-bond donors (Lipinski definition) is 3. The number of rotatable bonds is 31. The molecule has 0 spiro atoms. The Morgan fingerprint density at radius 3 is 1.18 bits per heavy atom. The minimum absolute atomic E-state index is 0.0666. The predicted octanol–water partition coefficient (Wildman–Crippen LogP) is 15.2. The molecule has 3 fully saturated rings. The Hall–Kier alpha value is -8.42. The first kappa shape index (κ1) is 75.8. The normalized spacial score (nSPS) is 24.0. The highest BCUT2D eigenvalue weighted by molar-refractivity contribution is 6.31. The van der Waals surface area contributed by atoms with Crippen molar-refractivity contribution in [3.05, 3.63) is 343 Å². The number of benzene rings is 10. The Bertz CT molecular complexity index is 4550. The average molecular weight is 1490 g/mol. The Balaban J connectivity index is 1.03. The number of hydrogen-bond acceptors (Lipinski definition) is 15. The molecule has 0 amide bonds. The van der Waals surface area contributed by atoms with Crippen LogP contribution < -0.4 is 9.47 Å². The van der Waals surface area contributed by atoms with Gasteiger partial charge in [-0.15, -0.1) is 0 Å². The van der Waals surface area contributed by atoms with Gasteiger partial charge in [-0.3, -0.25) is 0 Å². The molecular formula is C85H80Cl2F4O15. The lowest BCUT2D eigenvalue weighted by Gasteiger charge is -2.60. The van der Waals surface area contributed by atoms with E-state index >= 15 is 17.6 Å². The summed E-state index contributed by atoms with van der Waals surface area (Å²) in [7, 11) is 3.79. The SMILES string of the molecule is COc1ccc(Cc2cc([C@]3(OC)OC(CO)(C(O)C(O)[C@@]45CO[C@@](c6ccc(Cl)c(Cc7ccc(OC)c(F)c7F)c6)(O4)[C@@H](OCc4ccccc4)[C@@H](OCc4ccccc4)[C@@H]5OCc4ccccc4)[C@H](OCc4ccccc4)[C@H](OCc4ccccc4)[C@H]3OCc3ccccc3)ccc2Cl)c(F)c1F. The van der Waals surface area contributed by atoms with Crippen LogP contribution in [0.3, 0.4) is 0 Å². The van der Waals surface area contributed by atoms with Crippen LogP contribution >= 0.6 is 23.2 Å². The molecule has 0 aliphatic carbocycles. The predicted molar refractivity (Wildman–Crippen MR) is 387 cm³/mol. The Kier molecular flexibility index (Phi) is 24.2. The van der Waals surface area contributed by atoms with Crippen molar-refractivity contribution in [3.8, 4) is 11.5 Å². The second-order valence-corrected chi connectivity index (χ2v) is 27.3. The maximum absolute atomic E-state index is 16.2. The molecule has 3 aliphatic heterocycles. The first-order chi connectivity index (χ1) is 51.6. The molecule has 3 N–H and O–H groups in total. The molecule has 13 rings (SSSR count). The lowest BCUT2D eigenvalue weighted by molar-refractivity contribution is -0.434. The minimum atomic E-state index is -2.69. The second kappa shape index (κ2) is 33.8. The number of halogens is 6. The summed E-state index contributed by atoms with van der Waals surface area (Å²) >= 11 is 14.2. The van der Waals surface area contributed by atoms with E-state index in [0.717, 1.165) is 11.1 Å². The van der Waals surface area contributed by atoms with E-state index in [1.54, 1.807) is 30.3 Å². The van der Waals surface area contributed by atoms with Gasteiger partial charge in [-0.25, -0.2) is 8.78 Å². The molecule has 3 heterocycles. The fourth-order valence-corrected chi connectivity index (χ4v) is 14.8. The van der Waals surface area contributed by atoms with Gasteiger partial charge < -0.3 is 72.2 Å². The molecule has 0 aromatic heterocycles. The number of fused-ring (bicyclic) bond motifs is 2. The summed E-state index contributed by atoms with van der Waals surface area (Å²) in [5, 5.41) is 42.5. The largest absolute Gasteiger partial charge is 0.494 e. The fourth-order valence-electron chi connectivity index (χ4n) is 14.4. The Morgan fingerprint density at radius 1 is 0.406 bits per heavy atom. The summed E-state index contributed by atoms with van der Waals surface area (Å²) in [5.41, 5.74) is -0.223. The molecule has 3 saturated heterocycles. The van der Waals surface area contributed by atoms with Gasteiger partial charge in [0.15, 0.2) is 34.3 Å². The first-order valence-electron chi connectivity index (χ1n) is 34.7. The van der Waals surface area contributed by atoms with E-state index in [0.29, 0.717) is 22.3 Å². The van der Waals surface area contributed by atoms with E-state index in [9.17, 15) is 15.3 Å². The van der Waals surface area contributed by atoms with Crippen molar-refractivity contribution in [3.63, 3.8) is 0 Å². The van der Waals surface area contributed by atoms with Gasteiger partial charge in [0, 0.05) is 41.1 Å². The van der Waals surface area contributed by atoms with Crippen molar-refractivity contribution >= 4 is 23.2 Å². The molecule has 10 aromatic carbocycles. The molecule has 0 saturated carbocycles. The van der Waals surface area contributed by atoms with Crippen molar-refractivity contribution in [2.24, 2.45) is 0 Å². The summed E-state index contributed by atoms with van der Waals surface area (Å²) < 4.78 is 147. The topological polar surface area (TPSA) is 171 Å². The summed E-state index contributed by atoms with van der Waals surface area (Å²) in [4.78, 5) is 0. The van der Waals surface area contributed by atoms with E-state index in [-0.39, 0.29) is 107 Å². The molecule has 21 heteroatoms. The molecule has 10 aromatic rings. The number of methoxy groups -OCH3 is 3. The molecule has 3 unspecified atom stereocenters. The monoisotopic (exact) mass is 1490 g/mol. The average Bonchev–Trinajstić information content (AvgIpc) is 1.56. The highest BCUT2D eigenvalue weighted by Crippen LogP contribution is 2.58. The molecular weight excluding hydrogens is 1410 g/mol. The van der Waals surface area contributed by atoms with Crippen LogP contribution in [0.15, 0.2) is 243 Å². The van der Waals surface area contributed by atoms with Crippen molar-refractivity contribution in [1.29, 1.82) is 0 Å². The zero-order valence-corrected chi connectivity index (χ0v) is 59.8.